The van der Waals surface area contributed by atoms with E-state index in [2.05, 4.69) is 4.99 Å². The highest BCUT2D eigenvalue weighted by Gasteiger charge is 2.24. The summed E-state index contributed by atoms with van der Waals surface area (Å²) in [5.74, 6) is -0.00127. The third kappa shape index (κ3) is 8.06. The lowest BCUT2D eigenvalue weighted by atomic mass is 9.97. The van der Waals surface area contributed by atoms with E-state index >= 15 is 0 Å². The molecule has 0 bridgehead atoms. The molecular formula is C34H40N4O4. The van der Waals surface area contributed by atoms with Crippen molar-refractivity contribution in [3.8, 4) is 0 Å². The van der Waals surface area contributed by atoms with Gasteiger partial charge < -0.3 is 20.3 Å². The third-order valence-corrected chi connectivity index (χ3v) is 7.31. The van der Waals surface area contributed by atoms with E-state index in [-0.39, 0.29) is 42.3 Å². The maximum absolute atomic E-state index is 13.2. The Kier molecular flexibility index (Phi) is 10.5. The van der Waals surface area contributed by atoms with Crippen LogP contribution in [0.3, 0.4) is 0 Å². The predicted octanol–water partition coefficient (Wildman–Crippen LogP) is 5.78. The average Bonchev–Trinajstić information content (AvgIpc) is 2.97. The minimum absolute atomic E-state index is 0.00349. The number of benzene rings is 3. The number of amides is 1. The van der Waals surface area contributed by atoms with Crippen molar-refractivity contribution in [2.75, 3.05) is 13.6 Å². The molecule has 2 N–H and O–H groups in total. The highest BCUT2D eigenvalue weighted by atomic mass is 16.5. The van der Waals surface area contributed by atoms with Gasteiger partial charge in [-0.15, -0.1) is 0 Å². The van der Waals surface area contributed by atoms with Gasteiger partial charge in [0.05, 0.1) is 17.8 Å². The molecule has 4 rings (SSSR count). The Morgan fingerprint density at radius 3 is 2.14 bits per heavy atom. The molecule has 0 spiro atoms. The number of carbonyl (C=O) groups excluding carboxylic acids is 3. The molecule has 0 unspecified atom stereocenters. The van der Waals surface area contributed by atoms with E-state index in [1.165, 1.54) is 0 Å². The zero-order valence-corrected chi connectivity index (χ0v) is 24.7. The molecule has 8 heteroatoms. The fourth-order valence-electron chi connectivity index (χ4n) is 5.18. The molecule has 0 aromatic heterocycles. The summed E-state index contributed by atoms with van der Waals surface area (Å²) in [6.07, 6.45) is 2.81. The molecule has 0 fully saturated rings. The number of fused-ring (bicyclic) bond motifs is 1. The molecule has 0 radical (unpaired) electrons. The number of nitrogens with two attached hydrogens (primary N) is 1. The summed E-state index contributed by atoms with van der Waals surface area (Å²) in [5.41, 5.74) is 10.3. The van der Waals surface area contributed by atoms with E-state index in [4.69, 9.17) is 10.5 Å². The zero-order valence-electron chi connectivity index (χ0n) is 24.7. The molecule has 0 saturated heterocycles. The summed E-state index contributed by atoms with van der Waals surface area (Å²) in [4.78, 5) is 46.1. The number of guanidine groups is 1. The van der Waals surface area contributed by atoms with Gasteiger partial charge in [0.25, 0.3) is 0 Å². The number of hydrogen-bond acceptors (Lipinski definition) is 7. The second-order valence-electron chi connectivity index (χ2n) is 10.9. The largest absolute Gasteiger partial charge is 0.462 e. The van der Waals surface area contributed by atoms with Gasteiger partial charge in [-0.05, 0) is 61.6 Å². The van der Waals surface area contributed by atoms with Crippen molar-refractivity contribution in [2.45, 2.75) is 64.6 Å². The summed E-state index contributed by atoms with van der Waals surface area (Å²) in [7, 11) is 1.86. The van der Waals surface area contributed by atoms with Gasteiger partial charge in [-0.3, -0.25) is 14.4 Å². The van der Waals surface area contributed by atoms with E-state index in [0.717, 1.165) is 23.1 Å². The quantitative estimate of drug-likeness (QED) is 0.159. The molecular weight excluding hydrogens is 528 g/mol. The van der Waals surface area contributed by atoms with Crippen LogP contribution in [0.1, 0.15) is 79.0 Å². The Labute approximate surface area is 248 Å². The van der Waals surface area contributed by atoms with Gasteiger partial charge in [0.1, 0.15) is 6.54 Å². The monoisotopic (exact) mass is 568 g/mol. The lowest BCUT2D eigenvalue weighted by Gasteiger charge is -2.29. The fraction of sp³-hybridized carbons (Fsp3) is 0.353. The molecule has 0 atom stereocenters. The number of ketones is 1. The van der Waals surface area contributed by atoms with Gasteiger partial charge in [-0.25, -0.2) is 4.99 Å². The van der Waals surface area contributed by atoms with E-state index in [1.54, 1.807) is 30.9 Å². The Morgan fingerprint density at radius 1 is 0.905 bits per heavy atom. The first kappa shape index (κ1) is 30.5. The Bertz CT molecular complexity index is 1370. The van der Waals surface area contributed by atoms with E-state index in [9.17, 15) is 14.4 Å². The highest BCUT2D eigenvalue weighted by molar-refractivity contribution is 5.97. The number of rotatable bonds is 13. The summed E-state index contributed by atoms with van der Waals surface area (Å²) in [5, 5.41) is 0. The number of ether oxygens (including phenoxy) is 1. The second kappa shape index (κ2) is 14.4. The summed E-state index contributed by atoms with van der Waals surface area (Å²) in [6, 6.07) is 25.4. The Morgan fingerprint density at radius 2 is 1.52 bits per heavy atom. The van der Waals surface area contributed by atoms with Crippen LogP contribution in [-0.2, 0) is 20.9 Å². The first-order valence-corrected chi connectivity index (χ1v) is 14.5. The summed E-state index contributed by atoms with van der Waals surface area (Å²) < 4.78 is 5.23. The lowest BCUT2D eigenvalue weighted by molar-refractivity contribution is -0.147. The smallest absolute Gasteiger partial charge is 0.325 e. The van der Waals surface area contributed by atoms with Crippen molar-refractivity contribution >= 4 is 29.3 Å². The predicted molar refractivity (Wildman–Crippen MR) is 164 cm³/mol. The number of unbranched alkanes of at least 4 members (excludes halogenated alkanes) is 2. The van der Waals surface area contributed by atoms with Crippen LogP contribution in [-0.4, -0.2) is 53.1 Å². The highest BCUT2D eigenvalue weighted by Crippen LogP contribution is 2.29. The number of hydrogen-bond donors (Lipinski definition) is 1. The van der Waals surface area contributed by atoms with Crippen LogP contribution in [0.2, 0.25) is 0 Å². The molecule has 8 nitrogen and oxygen atoms in total. The Hall–Kier alpha value is -4.46. The first-order chi connectivity index (χ1) is 20.2. The SMILES string of the molecule is CC(C)OC(=O)CN1Cc2cc(C(=O)CCCCCC(=O)N(C)C(c3ccccc3)c3ccccc3)ccc2N=C1N. The van der Waals surface area contributed by atoms with Crippen LogP contribution >= 0.6 is 0 Å². The number of carbonyl (C=O) groups is 3. The normalized spacial score (nSPS) is 12.6. The molecule has 1 aliphatic rings. The van der Waals surface area contributed by atoms with Gasteiger partial charge in [0.15, 0.2) is 11.7 Å². The van der Waals surface area contributed by atoms with Crippen LogP contribution < -0.4 is 5.73 Å². The number of aliphatic imine (C=N–C) groups is 1. The standard InChI is InChI=1S/C34H40N4O4/c1-24(2)42-32(41)23-38-22-28-21-27(19-20-29(28)36-34(38)35)30(39)17-11-6-12-18-31(40)37(3)33(25-13-7-4-8-14-25)26-15-9-5-10-16-26/h4-5,7-10,13-16,19-21,24,33H,6,11-12,17-18,22-23H2,1-3H3,(H2,35,36). The minimum Gasteiger partial charge on any atom is -0.462 e. The van der Waals surface area contributed by atoms with E-state index < -0.39 is 0 Å². The minimum atomic E-state index is -0.376. The third-order valence-electron chi connectivity index (χ3n) is 7.31. The van der Waals surface area contributed by atoms with Crippen molar-refractivity contribution in [3.63, 3.8) is 0 Å². The molecule has 220 valence electrons. The topological polar surface area (TPSA) is 105 Å². The van der Waals surface area contributed by atoms with Crippen LogP contribution in [0.15, 0.2) is 83.9 Å². The first-order valence-electron chi connectivity index (χ1n) is 14.5. The van der Waals surface area contributed by atoms with Crippen molar-refractivity contribution < 1.29 is 19.1 Å². The van der Waals surface area contributed by atoms with Gasteiger partial charge in [0, 0.05) is 32.0 Å². The van der Waals surface area contributed by atoms with Crippen molar-refractivity contribution in [3.05, 3.63) is 101 Å². The van der Waals surface area contributed by atoms with Crippen LogP contribution in [0.25, 0.3) is 0 Å². The maximum atomic E-state index is 13.2. The molecule has 42 heavy (non-hydrogen) atoms. The van der Waals surface area contributed by atoms with Gasteiger partial charge in [0.2, 0.25) is 5.91 Å². The summed E-state index contributed by atoms with van der Waals surface area (Å²) >= 11 is 0. The molecule has 0 aliphatic carbocycles. The van der Waals surface area contributed by atoms with Crippen LogP contribution in [0.4, 0.5) is 5.69 Å². The molecule has 0 saturated carbocycles. The maximum Gasteiger partial charge on any atom is 0.325 e. The van der Waals surface area contributed by atoms with Crippen LogP contribution in [0, 0.1) is 0 Å². The average molecular weight is 569 g/mol. The molecule has 1 heterocycles. The molecule has 1 amide bonds. The second-order valence-corrected chi connectivity index (χ2v) is 10.9. The summed E-state index contributed by atoms with van der Waals surface area (Å²) in [6.45, 7) is 3.96. The van der Waals surface area contributed by atoms with Crippen molar-refractivity contribution in [2.24, 2.45) is 10.7 Å². The van der Waals surface area contributed by atoms with Crippen molar-refractivity contribution in [1.29, 1.82) is 0 Å². The van der Waals surface area contributed by atoms with E-state index in [1.807, 2.05) is 78.7 Å². The molecule has 3 aromatic carbocycles. The molecule has 1 aliphatic heterocycles. The number of Topliss-reactive ketones (excluding diaryl/α,β-unsaturated/α-hetero) is 1. The van der Waals surface area contributed by atoms with Crippen LogP contribution in [0.5, 0.6) is 0 Å². The van der Waals surface area contributed by atoms with Gasteiger partial charge in [-0.2, -0.15) is 0 Å². The number of esters is 1. The van der Waals surface area contributed by atoms with Gasteiger partial charge in [-0.1, -0.05) is 67.1 Å². The fourth-order valence-corrected chi connectivity index (χ4v) is 5.18. The lowest BCUT2D eigenvalue weighted by Crippen LogP contribution is -2.42. The van der Waals surface area contributed by atoms with Gasteiger partial charge >= 0.3 is 5.97 Å². The molecule has 3 aromatic rings. The zero-order chi connectivity index (χ0) is 30.1. The number of nitrogens with zero attached hydrogens (tertiary/aromatic N) is 3. The Balaban J connectivity index is 1.27. The van der Waals surface area contributed by atoms with E-state index in [0.29, 0.717) is 43.5 Å². The van der Waals surface area contributed by atoms with Crippen molar-refractivity contribution in [1.82, 2.24) is 9.80 Å².